The molecule has 3 rings (SSSR count). The molecule has 2 aromatic rings. The number of hydrogen-bond donors (Lipinski definition) is 2. The Kier molecular flexibility index (Phi) is 8.75. The molecule has 1 aliphatic rings. The molecule has 0 fully saturated rings. The maximum atomic E-state index is 12.1. The van der Waals surface area contributed by atoms with Crippen molar-refractivity contribution in [2.45, 2.75) is 18.9 Å². The summed E-state index contributed by atoms with van der Waals surface area (Å²) in [5.41, 5.74) is 3.08. The van der Waals surface area contributed by atoms with Gasteiger partial charge in [0.2, 0.25) is 0 Å². The largest absolute Gasteiger partial charge is 0.488 e. The molecule has 7 heteroatoms. The standard InChI is InChI=1S/C22H28N4O2.HI/c1-23-22(25-15-19-14-17-8-4-5-10-20(17)28-19)24-12-11-16-7-6-9-18(13-16)21(27)26(2)3;/h4-10,13,19H,11-12,14-15H2,1-3H3,(H2,23,24,25);1H. The molecule has 1 unspecified atom stereocenters. The summed E-state index contributed by atoms with van der Waals surface area (Å²) in [7, 11) is 5.29. The van der Waals surface area contributed by atoms with Gasteiger partial charge >= 0.3 is 0 Å². The third-order valence-electron chi connectivity index (χ3n) is 4.72. The first-order chi connectivity index (χ1) is 13.6. The topological polar surface area (TPSA) is 66.0 Å². The van der Waals surface area contributed by atoms with E-state index < -0.39 is 0 Å². The Morgan fingerprint density at radius 3 is 2.69 bits per heavy atom. The average Bonchev–Trinajstić information content (AvgIpc) is 3.13. The van der Waals surface area contributed by atoms with E-state index in [2.05, 4.69) is 21.7 Å². The van der Waals surface area contributed by atoms with Crippen molar-refractivity contribution in [1.29, 1.82) is 0 Å². The molecule has 1 atom stereocenters. The van der Waals surface area contributed by atoms with E-state index in [1.54, 1.807) is 26.0 Å². The van der Waals surface area contributed by atoms with Crippen molar-refractivity contribution in [2.24, 2.45) is 4.99 Å². The molecule has 1 heterocycles. The van der Waals surface area contributed by atoms with Crippen LogP contribution in [0.3, 0.4) is 0 Å². The zero-order valence-corrected chi connectivity index (χ0v) is 19.5. The van der Waals surface area contributed by atoms with Crippen LogP contribution in [-0.4, -0.2) is 57.1 Å². The smallest absolute Gasteiger partial charge is 0.253 e. The minimum atomic E-state index is 0. The Balaban J connectivity index is 0.00000300. The molecule has 1 aliphatic heterocycles. The number of carbonyl (C=O) groups is 1. The van der Waals surface area contributed by atoms with E-state index in [4.69, 9.17) is 4.74 Å². The summed E-state index contributed by atoms with van der Waals surface area (Å²) in [5.74, 6) is 1.74. The molecule has 0 bridgehead atoms. The zero-order chi connectivity index (χ0) is 19.9. The first-order valence-corrected chi connectivity index (χ1v) is 9.56. The monoisotopic (exact) mass is 508 g/mol. The fraction of sp³-hybridized carbons (Fsp3) is 0.364. The lowest BCUT2D eigenvalue weighted by atomic mass is 10.1. The molecule has 2 N–H and O–H groups in total. The van der Waals surface area contributed by atoms with Gasteiger partial charge in [0.1, 0.15) is 11.9 Å². The van der Waals surface area contributed by atoms with Crippen molar-refractivity contribution in [3.63, 3.8) is 0 Å². The van der Waals surface area contributed by atoms with Crippen molar-refractivity contribution >= 4 is 35.8 Å². The quantitative estimate of drug-likeness (QED) is 0.358. The van der Waals surface area contributed by atoms with Gasteiger partial charge in [-0.05, 0) is 35.7 Å². The highest BCUT2D eigenvalue weighted by atomic mass is 127. The fourth-order valence-corrected chi connectivity index (χ4v) is 3.24. The van der Waals surface area contributed by atoms with Crippen LogP contribution in [0.5, 0.6) is 5.75 Å². The molecule has 0 aliphatic carbocycles. The molecule has 2 aromatic carbocycles. The number of hydrogen-bond acceptors (Lipinski definition) is 3. The van der Waals surface area contributed by atoms with E-state index in [-0.39, 0.29) is 36.0 Å². The molecule has 0 saturated carbocycles. The van der Waals surface area contributed by atoms with E-state index in [0.29, 0.717) is 12.1 Å². The maximum absolute atomic E-state index is 12.1. The Morgan fingerprint density at radius 1 is 1.17 bits per heavy atom. The highest BCUT2D eigenvalue weighted by Crippen LogP contribution is 2.27. The maximum Gasteiger partial charge on any atom is 0.253 e. The van der Waals surface area contributed by atoms with Crippen LogP contribution in [0.1, 0.15) is 21.5 Å². The van der Waals surface area contributed by atoms with Crippen LogP contribution in [0.2, 0.25) is 0 Å². The average molecular weight is 508 g/mol. The van der Waals surface area contributed by atoms with E-state index in [9.17, 15) is 4.79 Å². The van der Waals surface area contributed by atoms with Crippen LogP contribution >= 0.6 is 24.0 Å². The number of rotatable bonds is 6. The number of para-hydroxylation sites is 1. The molecular weight excluding hydrogens is 479 g/mol. The third kappa shape index (κ3) is 6.35. The molecule has 1 amide bonds. The highest BCUT2D eigenvalue weighted by molar-refractivity contribution is 14.0. The third-order valence-corrected chi connectivity index (χ3v) is 4.72. The molecule has 0 radical (unpaired) electrons. The van der Waals surface area contributed by atoms with Gasteiger partial charge < -0.3 is 20.3 Å². The van der Waals surface area contributed by atoms with Gasteiger partial charge in [-0.3, -0.25) is 9.79 Å². The summed E-state index contributed by atoms with van der Waals surface area (Å²) in [5, 5.41) is 6.65. The van der Waals surface area contributed by atoms with Crippen molar-refractivity contribution in [1.82, 2.24) is 15.5 Å². The summed E-state index contributed by atoms with van der Waals surface area (Å²) < 4.78 is 5.95. The van der Waals surface area contributed by atoms with Gasteiger partial charge in [-0.25, -0.2) is 0 Å². The van der Waals surface area contributed by atoms with Gasteiger partial charge in [-0.2, -0.15) is 0 Å². The number of ether oxygens (including phenoxy) is 1. The van der Waals surface area contributed by atoms with Crippen LogP contribution in [0.15, 0.2) is 53.5 Å². The second kappa shape index (κ2) is 11.0. The van der Waals surface area contributed by atoms with Gasteiger partial charge in [0.05, 0.1) is 6.54 Å². The molecule has 156 valence electrons. The number of benzene rings is 2. The highest BCUT2D eigenvalue weighted by Gasteiger charge is 2.22. The molecule has 0 aromatic heterocycles. The van der Waals surface area contributed by atoms with Gasteiger partial charge in [0.25, 0.3) is 5.91 Å². The summed E-state index contributed by atoms with van der Waals surface area (Å²) in [6.45, 7) is 1.42. The van der Waals surface area contributed by atoms with Crippen LogP contribution < -0.4 is 15.4 Å². The number of amides is 1. The van der Waals surface area contributed by atoms with Crippen LogP contribution in [0.4, 0.5) is 0 Å². The first kappa shape index (κ1) is 23.0. The number of nitrogens with one attached hydrogen (secondary N) is 2. The van der Waals surface area contributed by atoms with Crippen molar-refractivity contribution in [2.75, 3.05) is 34.2 Å². The van der Waals surface area contributed by atoms with Crippen molar-refractivity contribution in [3.8, 4) is 5.75 Å². The summed E-state index contributed by atoms with van der Waals surface area (Å²) >= 11 is 0. The zero-order valence-electron chi connectivity index (χ0n) is 17.1. The molecular formula is C22H29IN4O2. The van der Waals surface area contributed by atoms with Crippen molar-refractivity contribution in [3.05, 3.63) is 65.2 Å². The molecule has 6 nitrogen and oxygen atoms in total. The second-order valence-electron chi connectivity index (χ2n) is 7.08. The molecule has 0 saturated heterocycles. The minimum Gasteiger partial charge on any atom is -0.488 e. The normalized spacial score (nSPS) is 15.0. The molecule has 0 spiro atoms. The predicted octanol–water partition coefficient (Wildman–Crippen LogP) is 2.72. The lowest BCUT2D eigenvalue weighted by Gasteiger charge is -2.16. The van der Waals surface area contributed by atoms with Gasteiger partial charge in [0.15, 0.2) is 5.96 Å². The minimum absolute atomic E-state index is 0. The Hall–Kier alpha value is -2.29. The Bertz CT molecular complexity index is 829. The van der Waals surface area contributed by atoms with Crippen LogP contribution in [0.25, 0.3) is 0 Å². The van der Waals surface area contributed by atoms with Gasteiger partial charge in [-0.15, -0.1) is 24.0 Å². The van der Waals surface area contributed by atoms with Crippen molar-refractivity contribution < 1.29 is 9.53 Å². The lowest BCUT2D eigenvalue weighted by Crippen LogP contribution is -2.42. The molecule has 29 heavy (non-hydrogen) atoms. The number of nitrogens with zero attached hydrogens (tertiary/aromatic N) is 2. The van der Waals surface area contributed by atoms with Crippen LogP contribution in [-0.2, 0) is 12.8 Å². The number of aliphatic imine (C=N–C) groups is 1. The first-order valence-electron chi connectivity index (χ1n) is 9.56. The fourth-order valence-electron chi connectivity index (χ4n) is 3.24. The summed E-state index contributed by atoms with van der Waals surface area (Å²) in [4.78, 5) is 18.0. The summed E-state index contributed by atoms with van der Waals surface area (Å²) in [6.07, 6.45) is 1.83. The van der Waals surface area contributed by atoms with E-state index >= 15 is 0 Å². The Morgan fingerprint density at radius 2 is 1.97 bits per heavy atom. The number of halogens is 1. The Labute approximate surface area is 189 Å². The summed E-state index contributed by atoms with van der Waals surface area (Å²) in [6, 6.07) is 15.9. The number of carbonyl (C=O) groups excluding carboxylic acids is 1. The van der Waals surface area contributed by atoms with Crippen LogP contribution in [0, 0.1) is 0 Å². The number of guanidine groups is 1. The second-order valence-corrected chi connectivity index (χ2v) is 7.08. The SMILES string of the molecule is CN=C(NCCc1cccc(C(=O)N(C)C)c1)NCC1Cc2ccccc2O1.I. The van der Waals surface area contributed by atoms with Gasteiger partial charge in [-0.1, -0.05) is 30.3 Å². The predicted molar refractivity (Wildman–Crippen MR) is 128 cm³/mol. The van der Waals surface area contributed by atoms with E-state index in [1.165, 1.54) is 5.56 Å². The van der Waals surface area contributed by atoms with Gasteiger partial charge in [0, 0.05) is 39.7 Å². The lowest BCUT2D eigenvalue weighted by molar-refractivity contribution is 0.0827. The van der Waals surface area contributed by atoms with E-state index in [1.807, 2.05) is 42.5 Å². The van der Waals surface area contributed by atoms with E-state index in [0.717, 1.165) is 36.7 Å². The number of fused-ring (bicyclic) bond motifs is 1.